The van der Waals surface area contributed by atoms with Crippen LogP contribution in [0.25, 0.3) is 11.1 Å². The van der Waals surface area contributed by atoms with E-state index in [1.807, 2.05) is 6.07 Å². The van der Waals surface area contributed by atoms with E-state index in [4.69, 9.17) is 21.1 Å². The summed E-state index contributed by atoms with van der Waals surface area (Å²) in [6.07, 6.45) is 2.50. The maximum Gasteiger partial charge on any atom is 0.298 e. The van der Waals surface area contributed by atoms with E-state index >= 15 is 0 Å². The number of amides is 1. The lowest BCUT2D eigenvalue weighted by Crippen LogP contribution is -2.39. The average molecular weight is 352 g/mol. The van der Waals surface area contributed by atoms with Gasteiger partial charge in [-0.25, -0.2) is 0 Å². The smallest absolute Gasteiger partial charge is 0.298 e. The molecular formula is C17H22ClN3O3. The van der Waals surface area contributed by atoms with E-state index < -0.39 is 0 Å². The highest BCUT2D eigenvalue weighted by molar-refractivity contribution is 6.31. The number of hydrogen-bond acceptors (Lipinski definition) is 5. The van der Waals surface area contributed by atoms with Crippen molar-refractivity contribution in [1.82, 2.24) is 9.88 Å². The Labute approximate surface area is 146 Å². The minimum absolute atomic E-state index is 0.00943. The second-order valence-electron chi connectivity index (χ2n) is 6.31. The number of oxazole rings is 1. The molecule has 1 fully saturated rings. The molecular weight excluding hydrogens is 330 g/mol. The topological polar surface area (TPSA) is 69.8 Å². The van der Waals surface area contributed by atoms with E-state index in [1.54, 1.807) is 24.1 Å². The van der Waals surface area contributed by atoms with Gasteiger partial charge in [-0.2, -0.15) is 4.98 Å². The van der Waals surface area contributed by atoms with Crippen LogP contribution in [0, 0.1) is 5.92 Å². The summed E-state index contributed by atoms with van der Waals surface area (Å²) in [4.78, 5) is 20.4. The molecule has 7 heteroatoms. The molecule has 0 saturated carbocycles. The van der Waals surface area contributed by atoms with Crippen LogP contribution in [0.2, 0.25) is 5.02 Å². The first-order valence-electron chi connectivity index (χ1n) is 8.22. The SMILES string of the molecule is CN(CCO)C(=O)CC1CCCN(c2nc3ccc(Cl)cc3o2)C1. The molecule has 3 rings (SSSR count). The molecule has 0 spiro atoms. The van der Waals surface area contributed by atoms with E-state index in [0.717, 1.165) is 31.4 Å². The monoisotopic (exact) mass is 351 g/mol. The quantitative estimate of drug-likeness (QED) is 0.896. The lowest BCUT2D eigenvalue weighted by molar-refractivity contribution is -0.131. The number of aliphatic hydroxyl groups excluding tert-OH is 1. The van der Waals surface area contributed by atoms with E-state index in [2.05, 4.69) is 9.88 Å². The van der Waals surface area contributed by atoms with E-state index in [0.29, 0.717) is 29.6 Å². The Hall–Kier alpha value is -1.79. The number of rotatable bonds is 5. The Kier molecular flexibility index (Phi) is 5.26. The van der Waals surface area contributed by atoms with Crippen LogP contribution in [0.15, 0.2) is 22.6 Å². The van der Waals surface area contributed by atoms with Crippen LogP contribution in [-0.2, 0) is 4.79 Å². The van der Waals surface area contributed by atoms with Gasteiger partial charge in [-0.3, -0.25) is 4.79 Å². The largest absolute Gasteiger partial charge is 0.423 e. The molecule has 1 saturated heterocycles. The Balaban J connectivity index is 1.67. The summed E-state index contributed by atoms with van der Waals surface area (Å²) in [5.74, 6) is 0.339. The molecule has 1 amide bonds. The summed E-state index contributed by atoms with van der Waals surface area (Å²) in [7, 11) is 1.73. The molecule has 1 aromatic carbocycles. The highest BCUT2D eigenvalue weighted by Gasteiger charge is 2.26. The number of benzene rings is 1. The predicted octanol–water partition coefficient (Wildman–Crippen LogP) is 2.54. The zero-order valence-corrected chi connectivity index (χ0v) is 14.5. The molecule has 1 aromatic heterocycles. The lowest BCUT2D eigenvalue weighted by atomic mass is 9.94. The molecule has 1 unspecified atom stereocenters. The molecule has 0 radical (unpaired) electrons. The van der Waals surface area contributed by atoms with Gasteiger partial charge < -0.3 is 19.3 Å². The molecule has 24 heavy (non-hydrogen) atoms. The van der Waals surface area contributed by atoms with Crippen molar-refractivity contribution < 1.29 is 14.3 Å². The third-order valence-electron chi connectivity index (χ3n) is 4.45. The first-order valence-corrected chi connectivity index (χ1v) is 8.60. The molecule has 0 aliphatic carbocycles. The van der Waals surface area contributed by atoms with E-state index in [1.165, 1.54) is 0 Å². The van der Waals surface area contributed by atoms with Crippen LogP contribution in [-0.4, -0.2) is 54.2 Å². The number of piperidine rings is 1. The van der Waals surface area contributed by atoms with Crippen molar-refractivity contribution in [1.29, 1.82) is 0 Å². The van der Waals surface area contributed by atoms with Gasteiger partial charge in [0.1, 0.15) is 5.52 Å². The van der Waals surface area contributed by atoms with Crippen molar-refractivity contribution in [3.8, 4) is 0 Å². The molecule has 1 aliphatic heterocycles. The molecule has 130 valence electrons. The number of nitrogens with zero attached hydrogens (tertiary/aromatic N) is 3. The van der Waals surface area contributed by atoms with Gasteiger partial charge in [-0.1, -0.05) is 11.6 Å². The zero-order chi connectivity index (χ0) is 17.1. The molecule has 1 atom stereocenters. The summed E-state index contributed by atoms with van der Waals surface area (Å²) >= 11 is 5.99. The van der Waals surface area contributed by atoms with Gasteiger partial charge in [0.25, 0.3) is 6.01 Å². The van der Waals surface area contributed by atoms with Crippen LogP contribution in [0.5, 0.6) is 0 Å². The van der Waals surface area contributed by atoms with Crippen molar-refractivity contribution >= 4 is 34.6 Å². The Morgan fingerprint density at radius 3 is 3.17 bits per heavy atom. The highest BCUT2D eigenvalue weighted by Crippen LogP contribution is 2.29. The normalized spacial score (nSPS) is 18.1. The average Bonchev–Trinajstić information content (AvgIpc) is 2.98. The van der Waals surface area contributed by atoms with Crippen molar-refractivity contribution in [3.63, 3.8) is 0 Å². The molecule has 0 bridgehead atoms. The fourth-order valence-electron chi connectivity index (χ4n) is 3.10. The van der Waals surface area contributed by atoms with Crippen LogP contribution in [0.3, 0.4) is 0 Å². The molecule has 2 aromatic rings. The second-order valence-corrected chi connectivity index (χ2v) is 6.74. The molecule has 2 heterocycles. The molecule has 1 aliphatic rings. The third-order valence-corrected chi connectivity index (χ3v) is 4.69. The summed E-state index contributed by atoms with van der Waals surface area (Å²) < 4.78 is 5.83. The third kappa shape index (κ3) is 3.82. The summed E-state index contributed by atoms with van der Waals surface area (Å²) in [5.41, 5.74) is 1.47. The van der Waals surface area contributed by atoms with E-state index in [-0.39, 0.29) is 18.4 Å². The number of hydrogen-bond donors (Lipinski definition) is 1. The number of aromatic nitrogens is 1. The van der Waals surface area contributed by atoms with Gasteiger partial charge in [-0.15, -0.1) is 0 Å². The number of anilines is 1. The predicted molar refractivity (Wildman–Crippen MR) is 93.3 cm³/mol. The first kappa shape index (κ1) is 17.0. The minimum atomic E-state index is -0.00943. The van der Waals surface area contributed by atoms with Crippen molar-refractivity contribution in [3.05, 3.63) is 23.2 Å². The fourth-order valence-corrected chi connectivity index (χ4v) is 3.27. The molecule has 6 nitrogen and oxygen atoms in total. The van der Waals surface area contributed by atoms with Gasteiger partial charge in [0.05, 0.1) is 6.61 Å². The van der Waals surface area contributed by atoms with Crippen LogP contribution >= 0.6 is 11.6 Å². The number of aliphatic hydroxyl groups is 1. The van der Waals surface area contributed by atoms with Gasteiger partial charge in [0.15, 0.2) is 5.58 Å². The van der Waals surface area contributed by atoms with Gasteiger partial charge in [-0.05, 0) is 30.9 Å². The van der Waals surface area contributed by atoms with Crippen molar-refractivity contribution in [2.75, 3.05) is 38.2 Å². The van der Waals surface area contributed by atoms with Crippen LogP contribution in [0.1, 0.15) is 19.3 Å². The van der Waals surface area contributed by atoms with Crippen LogP contribution < -0.4 is 4.90 Å². The van der Waals surface area contributed by atoms with Gasteiger partial charge >= 0.3 is 0 Å². The minimum Gasteiger partial charge on any atom is -0.423 e. The maximum atomic E-state index is 12.2. The van der Waals surface area contributed by atoms with Gasteiger partial charge in [0, 0.05) is 44.2 Å². The summed E-state index contributed by atoms with van der Waals surface area (Å²) in [6, 6.07) is 6.00. The van der Waals surface area contributed by atoms with E-state index in [9.17, 15) is 4.79 Å². The number of likely N-dealkylation sites (N-methyl/N-ethyl adjacent to an activating group) is 1. The number of carbonyl (C=O) groups excluding carboxylic acids is 1. The number of fused-ring (bicyclic) bond motifs is 1. The Morgan fingerprint density at radius 2 is 2.38 bits per heavy atom. The highest BCUT2D eigenvalue weighted by atomic mass is 35.5. The number of halogens is 1. The Bertz CT molecular complexity index is 718. The van der Waals surface area contributed by atoms with Crippen molar-refractivity contribution in [2.24, 2.45) is 5.92 Å². The van der Waals surface area contributed by atoms with Crippen LogP contribution in [0.4, 0.5) is 6.01 Å². The number of carbonyl (C=O) groups is 1. The summed E-state index contributed by atoms with van der Waals surface area (Å²) in [5, 5.41) is 9.56. The van der Waals surface area contributed by atoms with Gasteiger partial charge in [0.2, 0.25) is 5.91 Å². The fraction of sp³-hybridized carbons (Fsp3) is 0.529. The standard InChI is InChI=1S/C17H22ClN3O3/c1-20(7-8-22)16(23)9-12-3-2-6-21(11-12)17-19-14-5-4-13(18)10-15(14)24-17/h4-5,10,12,22H,2-3,6-9,11H2,1H3. The summed E-state index contributed by atoms with van der Waals surface area (Å²) in [6.45, 7) is 1.99. The first-order chi connectivity index (χ1) is 11.6. The Morgan fingerprint density at radius 1 is 1.54 bits per heavy atom. The maximum absolute atomic E-state index is 12.2. The molecule has 1 N–H and O–H groups in total. The zero-order valence-electron chi connectivity index (χ0n) is 13.7. The van der Waals surface area contributed by atoms with Crippen molar-refractivity contribution in [2.45, 2.75) is 19.3 Å². The second kappa shape index (κ2) is 7.40. The lowest BCUT2D eigenvalue weighted by Gasteiger charge is -2.32.